The van der Waals surface area contributed by atoms with Gasteiger partial charge in [-0.2, -0.15) is 0 Å². The Morgan fingerprint density at radius 3 is 2.39 bits per heavy atom. The minimum atomic E-state index is -0.566. The molecule has 1 saturated heterocycles. The van der Waals surface area contributed by atoms with E-state index in [1.54, 1.807) is 0 Å². The van der Waals surface area contributed by atoms with Crippen LogP contribution in [0.5, 0.6) is 0 Å². The van der Waals surface area contributed by atoms with Gasteiger partial charge < -0.3 is 20.1 Å². The van der Waals surface area contributed by atoms with Gasteiger partial charge in [-0.15, -0.1) is 0 Å². The van der Waals surface area contributed by atoms with Crippen LogP contribution in [0.15, 0.2) is 0 Å². The molecule has 1 spiro atoms. The highest BCUT2D eigenvalue weighted by molar-refractivity contribution is 6.35. The molecule has 0 bridgehead atoms. The molecule has 1 unspecified atom stereocenters. The van der Waals surface area contributed by atoms with E-state index in [4.69, 9.17) is 9.47 Å². The van der Waals surface area contributed by atoms with Crippen LogP contribution in [0.25, 0.3) is 0 Å². The molecule has 2 aliphatic carbocycles. The van der Waals surface area contributed by atoms with E-state index in [0.717, 1.165) is 51.4 Å². The summed E-state index contributed by atoms with van der Waals surface area (Å²) in [5.74, 6) is -1.52. The number of carbonyl (C=O) groups is 2. The predicted molar refractivity (Wildman–Crippen MR) is 84.7 cm³/mol. The van der Waals surface area contributed by atoms with Crippen molar-refractivity contribution in [1.29, 1.82) is 0 Å². The molecule has 0 aromatic carbocycles. The molecule has 3 fully saturated rings. The van der Waals surface area contributed by atoms with Gasteiger partial charge in [-0.05, 0) is 25.7 Å². The van der Waals surface area contributed by atoms with Gasteiger partial charge in [0.15, 0.2) is 5.79 Å². The second-order valence-electron chi connectivity index (χ2n) is 7.04. The molecule has 130 valence electrons. The fourth-order valence-corrected chi connectivity index (χ4v) is 3.85. The minimum absolute atomic E-state index is 0.151. The normalized spacial score (nSPS) is 27.7. The standard InChI is InChI=1S/C17H28N2O4/c20-15(16(21)19-13-7-3-1-4-8-13)18-11-14-12-22-17(23-14)9-5-2-6-10-17/h13-14H,1-12H2,(H,18,20)(H,19,21). The first kappa shape index (κ1) is 16.7. The van der Waals surface area contributed by atoms with Gasteiger partial charge in [0.05, 0.1) is 6.61 Å². The lowest BCUT2D eigenvalue weighted by atomic mass is 9.94. The fraction of sp³-hybridized carbons (Fsp3) is 0.882. The molecule has 1 heterocycles. The maximum Gasteiger partial charge on any atom is 0.309 e. The lowest BCUT2D eigenvalue weighted by Crippen LogP contribution is -2.47. The Balaban J connectivity index is 1.38. The van der Waals surface area contributed by atoms with E-state index >= 15 is 0 Å². The van der Waals surface area contributed by atoms with Crippen molar-refractivity contribution in [3.05, 3.63) is 0 Å². The van der Waals surface area contributed by atoms with E-state index < -0.39 is 17.6 Å². The third kappa shape index (κ3) is 4.44. The minimum Gasteiger partial charge on any atom is -0.347 e. The van der Waals surface area contributed by atoms with Crippen molar-refractivity contribution in [3.8, 4) is 0 Å². The molecule has 2 saturated carbocycles. The zero-order valence-electron chi connectivity index (χ0n) is 13.8. The Kier molecular flexibility index (Phi) is 5.54. The average molecular weight is 324 g/mol. The number of rotatable bonds is 3. The van der Waals surface area contributed by atoms with Crippen molar-refractivity contribution in [1.82, 2.24) is 10.6 Å². The largest absolute Gasteiger partial charge is 0.347 e. The number of hydrogen-bond acceptors (Lipinski definition) is 4. The van der Waals surface area contributed by atoms with Crippen LogP contribution in [0.3, 0.4) is 0 Å². The van der Waals surface area contributed by atoms with Crippen LogP contribution in [-0.4, -0.2) is 42.9 Å². The van der Waals surface area contributed by atoms with Crippen LogP contribution in [0.4, 0.5) is 0 Å². The second kappa shape index (κ2) is 7.62. The van der Waals surface area contributed by atoms with E-state index in [0.29, 0.717) is 13.2 Å². The van der Waals surface area contributed by atoms with E-state index in [1.807, 2.05) is 0 Å². The molecule has 3 rings (SSSR count). The Morgan fingerprint density at radius 1 is 0.957 bits per heavy atom. The van der Waals surface area contributed by atoms with E-state index in [2.05, 4.69) is 10.6 Å². The fourth-order valence-electron chi connectivity index (χ4n) is 3.85. The highest BCUT2D eigenvalue weighted by Crippen LogP contribution is 2.37. The lowest BCUT2D eigenvalue weighted by molar-refractivity contribution is -0.186. The van der Waals surface area contributed by atoms with Gasteiger partial charge in [0.2, 0.25) is 0 Å². The lowest BCUT2D eigenvalue weighted by Gasteiger charge is -2.31. The summed E-state index contributed by atoms with van der Waals surface area (Å²) in [6, 6.07) is 0.151. The number of ether oxygens (including phenoxy) is 2. The average Bonchev–Trinajstić information content (AvgIpc) is 2.96. The molecule has 0 aromatic heterocycles. The first-order valence-corrected chi connectivity index (χ1v) is 9.07. The van der Waals surface area contributed by atoms with Gasteiger partial charge in [-0.25, -0.2) is 0 Å². The first-order chi connectivity index (χ1) is 11.2. The van der Waals surface area contributed by atoms with Crippen LogP contribution in [0.1, 0.15) is 64.2 Å². The molecule has 1 aliphatic heterocycles. The molecule has 6 nitrogen and oxygen atoms in total. The van der Waals surface area contributed by atoms with Crippen molar-refractivity contribution in [2.75, 3.05) is 13.2 Å². The van der Waals surface area contributed by atoms with E-state index in [1.165, 1.54) is 12.8 Å². The quantitative estimate of drug-likeness (QED) is 0.774. The molecule has 2 N–H and O–H groups in total. The Morgan fingerprint density at radius 2 is 1.65 bits per heavy atom. The van der Waals surface area contributed by atoms with Crippen LogP contribution < -0.4 is 10.6 Å². The summed E-state index contributed by atoms with van der Waals surface area (Å²) in [7, 11) is 0. The number of carbonyl (C=O) groups excluding carboxylic acids is 2. The van der Waals surface area contributed by atoms with Crippen molar-refractivity contribution < 1.29 is 19.1 Å². The second-order valence-corrected chi connectivity index (χ2v) is 7.04. The number of amides is 2. The molecule has 2 amide bonds. The van der Waals surface area contributed by atoms with Crippen molar-refractivity contribution in [3.63, 3.8) is 0 Å². The van der Waals surface area contributed by atoms with Gasteiger partial charge in [0.1, 0.15) is 6.10 Å². The third-order valence-electron chi connectivity index (χ3n) is 5.17. The first-order valence-electron chi connectivity index (χ1n) is 9.07. The van der Waals surface area contributed by atoms with Gasteiger partial charge in [-0.1, -0.05) is 25.7 Å². The van der Waals surface area contributed by atoms with Crippen molar-refractivity contribution in [2.24, 2.45) is 0 Å². The van der Waals surface area contributed by atoms with Crippen LogP contribution in [-0.2, 0) is 19.1 Å². The SMILES string of the molecule is O=C(NCC1COC2(CCCCC2)O1)C(=O)NC1CCCCC1. The van der Waals surface area contributed by atoms with Crippen LogP contribution >= 0.6 is 0 Å². The van der Waals surface area contributed by atoms with E-state index in [9.17, 15) is 9.59 Å². The van der Waals surface area contributed by atoms with Crippen LogP contribution in [0.2, 0.25) is 0 Å². The van der Waals surface area contributed by atoms with Crippen molar-refractivity contribution in [2.45, 2.75) is 82.1 Å². The summed E-state index contributed by atoms with van der Waals surface area (Å²) in [6.45, 7) is 0.823. The summed E-state index contributed by atoms with van der Waals surface area (Å²) in [4.78, 5) is 23.8. The number of hydrogen-bond donors (Lipinski definition) is 2. The maximum atomic E-state index is 11.9. The summed E-state index contributed by atoms with van der Waals surface area (Å²) in [5.41, 5.74) is 0. The zero-order chi connectivity index (χ0) is 16.1. The molecular weight excluding hydrogens is 296 g/mol. The monoisotopic (exact) mass is 324 g/mol. The Bertz CT molecular complexity index is 428. The molecule has 0 aromatic rings. The molecule has 1 atom stereocenters. The Labute approximate surface area is 137 Å². The summed E-state index contributed by atoms with van der Waals surface area (Å²) >= 11 is 0. The molecule has 0 radical (unpaired) electrons. The van der Waals surface area contributed by atoms with Gasteiger partial charge in [-0.3, -0.25) is 9.59 Å². The zero-order valence-corrected chi connectivity index (χ0v) is 13.8. The van der Waals surface area contributed by atoms with E-state index in [-0.39, 0.29) is 12.1 Å². The topological polar surface area (TPSA) is 76.7 Å². The maximum absolute atomic E-state index is 11.9. The van der Waals surface area contributed by atoms with Crippen molar-refractivity contribution >= 4 is 11.8 Å². The van der Waals surface area contributed by atoms with Gasteiger partial charge >= 0.3 is 11.8 Å². The summed E-state index contributed by atoms with van der Waals surface area (Å²) in [5, 5.41) is 5.51. The third-order valence-corrected chi connectivity index (χ3v) is 5.17. The predicted octanol–water partition coefficient (Wildman–Crippen LogP) is 1.63. The molecule has 23 heavy (non-hydrogen) atoms. The smallest absolute Gasteiger partial charge is 0.309 e. The molecule has 3 aliphatic rings. The van der Waals surface area contributed by atoms with Gasteiger partial charge in [0.25, 0.3) is 0 Å². The van der Waals surface area contributed by atoms with Gasteiger partial charge in [0, 0.05) is 25.4 Å². The Hall–Kier alpha value is -1.14. The van der Waals surface area contributed by atoms with Crippen LogP contribution in [0, 0.1) is 0 Å². The highest BCUT2D eigenvalue weighted by atomic mass is 16.7. The molecular formula is C17H28N2O4. The number of nitrogens with one attached hydrogen (secondary N) is 2. The molecule has 6 heteroatoms. The summed E-state index contributed by atoms with van der Waals surface area (Å²) in [6.07, 6.45) is 10.6. The summed E-state index contributed by atoms with van der Waals surface area (Å²) < 4.78 is 11.8. The highest BCUT2D eigenvalue weighted by Gasteiger charge is 2.42.